The van der Waals surface area contributed by atoms with Crippen molar-refractivity contribution in [3.63, 3.8) is 0 Å². The molecule has 0 bridgehead atoms. The van der Waals surface area contributed by atoms with Crippen molar-refractivity contribution in [2.24, 2.45) is 5.73 Å². The van der Waals surface area contributed by atoms with Crippen LogP contribution in [0.5, 0.6) is 5.75 Å². The molecular weight excluding hydrogens is 264 g/mol. The number of nitrogens with one attached hydrogen (secondary N) is 1. The normalized spacial score (nSPS) is 10.2. The minimum atomic E-state index is -0.150. The summed E-state index contributed by atoms with van der Waals surface area (Å²) in [6.07, 6.45) is 0.675. The average molecular weight is 284 g/mol. The number of carbonyl (C=O) groups is 1. The standard InChI is InChI=1S/C17H20N2O2/c1-12-7-8-16(21-2)15(11-12)19-17(20)14-6-4-3-5-13(14)9-10-18/h3-8,11H,9-10,18H2,1-2H3,(H,19,20). The van der Waals surface area contributed by atoms with Gasteiger partial charge in [-0.3, -0.25) is 4.79 Å². The summed E-state index contributed by atoms with van der Waals surface area (Å²) in [5.74, 6) is 0.494. The predicted octanol–water partition coefficient (Wildman–Crippen LogP) is 2.76. The quantitative estimate of drug-likeness (QED) is 0.887. The maximum Gasteiger partial charge on any atom is 0.256 e. The summed E-state index contributed by atoms with van der Waals surface area (Å²) in [6, 6.07) is 13.2. The Bertz CT molecular complexity index is 638. The number of benzene rings is 2. The number of ether oxygens (including phenoxy) is 1. The van der Waals surface area contributed by atoms with Gasteiger partial charge < -0.3 is 15.8 Å². The molecule has 2 aromatic rings. The van der Waals surface area contributed by atoms with Gasteiger partial charge in [0.2, 0.25) is 0 Å². The van der Waals surface area contributed by atoms with E-state index in [0.717, 1.165) is 11.1 Å². The van der Waals surface area contributed by atoms with Gasteiger partial charge in [0, 0.05) is 5.56 Å². The fraction of sp³-hybridized carbons (Fsp3) is 0.235. The number of rotatable bonds is 5. The monoisotopic (exact) mass is 284 g/mol. The third kappa shape index (κ3) is 3.61. The van der Waals surface area contributed by atoms with E-state index in [4.69, 9.17) is 10.5 Å². The van der Waals surface area contributed by atoms with Gasteiger partial charge in [-0.05, 0) is 49.2 Å². The van der Waals surface area contributed by atoms with Crippen molar-refractivity contribution in [3.8, 4) is 5.75 Å². The van der Waals surface area contributed by atoms with Gasteiger partial charge in [-0.2, -0.15) is 0 Å². The molecule has 2 rings (SSSR count). The molecule has 0 spiro atoms. The first-order valence-corrected chi connectivity index (χ1v) is 6.89. The van der Waals surface area contributed by atoms with E-state index in [0.29, 0.717) is 30.0 Å². The SMILES string of the molecule is COc1ccc(C)cc1NC(=O)c1ccccc1CCN. The second-order valence-corrected chi connectivity index (χ2v) is 4.85. The smallest absolute Gasteiger partial charge is 0.256 e. The van der Waals surface area contributed by atoms with Gasteiger partial charge in [-0.25, -0.2) is 0 Å². The van der Waals surface area contributed by atoms with E-state index in [9.17, 15) is 4.79 Å². The molecule has 0 aliphatic heterocycles. The maximum atomic E-state index is 12.5. The van der Waals surface area contributed by atoms with Gasteiger partial charge in [0.25, 0.3) is 5.91 Å². The molecule has 0 aromatic heterocycles. The molecule has 0 heterocycles. The topological polar surface area (TPSA) is 64.3 Å². The molecule has 0 saturated carbocycles. The molecule has 0 aliphatic carbocycles. The molecule has 0 radical (unpaired) electrons. The van der Waals surface area contributed by atoms with E-state index in [-0.39, 0.29) is 5.91 Å². The Hall–Kier alpha value is -2.33. The first-order chi connectivity index (χ1) is 10.2. The highest BCUT2D eigenvalue weighted by Crippen LogP contribution is 2.26. The number of nitrogens with two attached hydrogens (primary N) is 1. The number of hydrogen-bond acceptors (Lipinski definition) is 3. The molecule has 1 amide bonds. The van der Waals surface area contributed by atoms with Crippen LogP contribution in [-0.2, 0) is 6.42 Å². The summed E-state index contributed by atoms with van der Waals surface area (Å²) in [5.41, 5.74) is 8.92. The average Bonchev–Trinajstić information content (AvgIpc) is 2.48. The lowest BCUT2D eigenvalue weighted by Gasteiger charge is -2.13. The molecule has 3 N–H and O–H groups in total. The predicted molar refractivity (Wildman–Crippen MR) is 84.9 cm³/mol. The van der Waals surface area contributed by atoms with Gasteiger partial charge in [-0.1, -0.05) is 24.3 Å². The summed E-state index contributed by atoms with van der Waals surface area (Å²) >= 11 is 0. The Balaban J connectivity index is 2.28. The summed E-state index contributed by atoms with van der Waals surface area (Å²) in [6.45, 7) is 2.48. The number of aryl methyl sites for hydroxylation is 1. The van der Waals surface area contributed by atoms with E-state index in [2.05, 4.69) is 5.32 Å². The van der Waals surface area contributed by atoms with E-state index < -0.39 is 0 Å². The summed E-state index contributed by atoms with van der Waals surface area (Å²) < 4.78 is 5.28. The van der Waals surface area contributed by atoms with Crippen LogP contribution in [0.3, 0.4) is 0 Å². The molecule has 0 atom stereocenters. The zero-order valence-corrected chi connectivity index (χ0v) is 12.3. The second-order valence-electron chi connectivity index (χ2n) is 4.85. The van der Waals surface area contributed by atoms with E-state index in [1.165, 1.54) is 0 Å². The first-order valence-electron chi connectivity index (χ1n) is 6.89. The van der Waals surface area contributed by atoms with Crippen LogP contribution in [0.2, 0.25) is 0 Å². The number of amides is 1. The van der Waals surface area contributed by atoms with Gasteiger partial charge >= 0.3 is 0 Å². The fourth-order valence-corrected chi connectivity index (χ4v) is 2.22. The molecule has 110 valence electrons. The molecule has 0 fully saturated rings. The number of carbonyl (C=O) groups excluding carboxylic acids is 1. The van der Waals surface area contributed by atoms with Crippen LogP contribution in [0.25, 0.3) is 0 Å². The zero-order valence-electron chi connectivity index (χ0n) is 12.3. The molecule has 0 unspecified atom stereocenters. The highest BCUT2D eigenvalue weighted by Gasteiger charge is 2.13. The van der Waals surface area contributed by atoms with Gasteiger partial charge in [-0.15, -0.1) is 0 Å². The van der Waals surface area contributed by atoms with Crippen LogP contribution in [0.1, 0.15) is 21.5 Å². The minimum absolute atomic E-state index is 0.150. The van der Waals surface area contributed by atoms with E-state index in [1.54, 1.807) is 7.11 Å². The first kappa shape index (κ1) is 15.1. The van der Waals surface area contributed by atoms with Crippen LogP contribution in [0, 0.1) is 6.92 Å². The Kier molecular flexibility index (Phi) is 4.95. The Labute approximate surface area is 124 Å². The van der Waals surface area contributed by atoms with Crippen molar-refractivity contribution in [3.05, 3.63) is 59.2 Å². The van der Waals surface area contributed by atoms with Crippen molar-refractivity contribution in [2.45, 2.75) is 13.3 Å². The largest absolute Gasteiger partial charge is 0.495 e. The molecule has 21 heavy (non-hydrogen) atoms. The van der Waals surface area contributed by atoms with Crippen molar-refractivity contribution in [1.29, 1.82) is 0 Å². The van der Waals surface area contributed by atoms with E-state index >= 15 is 0 Å². The summed E-state index contributed by atoms with van der Waals surface area (Å²) in [4.78, 5) is 12.5. The van der Waals surface area contributed by atoms with Crippen molar-refractivity contribution in [1.82, 2.24) is 0 Å². The van der Waals surface area contributed by atoms with Crippen molar-refractivity contribution in [2.75, 3.05) is 19.0 Å². The van der Waals surface area contributed by atoms with Gasteiger partial charge in [0.1, 0.15) is 5.75 Å². The number of hydrogen-bond donors (Lipinski definition) is 2. The maximum absolute atomic E-state index is 12.5. The zero-order chi connectivity index (χ0) is 15.2. The third-order valence-corrected chi connectivity index (χ3v) is 3.28. The third-order valence-electron chi connectivity index (χ3n) is 3.28. The molecular formula is C17H20N2O2. The van der Waals surface area contributed by atoms with Crippen molar-refractivity contribution >= 4 is 11.6 Å². The highest BCUT2D eigenvalue weighted by atomic mass is 16.5. The van der Waals surface area contributed by atoms with Crippen LogP contribution < -0.4 is 15.8 Å². The Morgan fingerprint density at radius 2 is 2.00 bits per heavy atom. The fourth-order valence-electron chi connectivity index (χ4n) is 2.22. The van der Waals surface area contributed by atoms with Crippen LogP contribution in [-0.4, -0.2) is 19.6 Å². The summed E-state index contributed by atoms with van der Waals surface area (Å²) in [5, 5.41) is 2.91. The number of methoxy groups -OCH3 is 1. The van der Waals surface area contributed by atoms with Gasteiger partial charge in [0.05, 0.1) is 12.8 Å². The molecule has 0 saturated heterocycles. The van der Waals surface area contributed by atoms with Crippen LogP contribution in [0.15, 0.2) is 42.5 Å². The lowest BCUT2D eigenvalue weighted by atomic mass is 10.0. The number of anilines is 1. The molecule has 4 heteroatoms. The minimum Gasteiger partial charge on any atom is -0.495 e. The Morgan fingerprint density at radius 3 is 2.71 bits per heavy atom. The molecule has 0 aliphatic rings. The summed E-state index contributed by atoms with van der Waals surface area (Å²) in [7, 11) is 1.59. The Morgan fingerprint density at radius 1 is 1.24 bits per heavy atom. The molecule has 2 aromatic carbocycles. The van der Waals surface area contributed by atoms with E-state index in [1.807, 2.05) is 49.4 Å². The highest BCUT2D eigenvalue weighted by molar-refractivity contribution is 6.06. The lowest BCUT2D eigenvalue weighted by Crippen LogP contribution is -2.16. The lowest BCUT2D eigenvalue weighted by molar-refractivity contribution is 0.102. The second kappa shape index (κ2) is 6.90. The van der Waals surface area contributed by atoms with Crippen LogP contribution >= 0.6 is 0 Å². The van der Waals surface area contributed by atoms with Crippen LogP contribution in [0.4, 0.5) is 5.69 Å². The van der Waals surface area contributed by atoms with Crippen molar-refractivity contribution < 1.29 is 9.53 Å². The molecule has 4 nitrogen and oxygen atoms in total. The van der Waals surface area contributed by atoms with Gasteiger partial charge in [0.15, 0.2) is 0 Å².